The Hall–Kier alpha value is -2.67. The van der Waals surface area contributed by atoms with Gasteiger partial charge in [0.15, 0.2) is 11.1 Å². The molecule has 0 saturated carbocycles. The second-order valence-corrected chi connectivity index (χ2v) is 5.87. The SMILES string of the molecule is COc1ncc(CN2CCN(c3[nH+]c4ccccc4o3)CC2)cn1. The van der Waals surface area contributed by atoms with Crippen molar-refractivity contribution in [3.05, 3.63) is 42.2 Å². The number of anilines is 1. The van der Waals surface area contributed by atoms with Gasteiger partial charge in [-0.1, -0.05) is 12.1 Å². The van der Waals surface area contributed by atoms with Crippen LogP contribution in [0.1, 0.15) is 5.56 Å². The smallest absolute Gasteiger partial charge is 0.455 e. The molecule has 7 heteroatoms. The van der Waals surface area contributed by atoms with Gasteiger partial charge in [0.25, 0.3) is 0 Å². The number of H-pyrrole nitrogens is 1. The number of benzene rings is 1. The Morgan fingerprint density at radius 2 is 1.88 bits per heavy atom. The lowest BCUT2D eigenvalue weighted by Crippen LogP contribution is -2.47. The van der Waals surface area contributed by atoms with Crippen LogP contribution in [-0.2, 0) is 6.54 Å². The number of hydrogen-bond acceptors (Lipinski definition) is 6. The van der Waals surface area contributed by atoms with Crippen LogP contribution in [0.5, 0.6) is 6.01 Å². The Morgan fingerprint density at radius 1 is 1.12 bits per heavy atom. The molecule has 2 aromatic heterocycles. The van der Waals surface area contributed by atoms with E-state index in [-0.39, 0.29) is 0 Å². The molecule has 7 nitrogen and oxygen atoms in total. The number of para-hydroxylation sites is 2. The van der Waals surface area contributed by atoms with Crippen molar-refractivity contribution in [1.29, 1.82) is 0 Å². The van der Waals surface area contributed by atoms with Gasteiger partial charge in [0.1, 0.15) is 13.1 Å². The number of ether oxygens (including phenoxy) is 1. The minimum atomic E-state index is 0.406. The number of aromatic amines is 1. The summed E-state index contributed by atoms with van der Waals surface area (Å²) in [6.45, 7) is 4.64. The average molecular weight is 326 g/mol. The van der Waals surface area contributed by atoms with Crippen molar-refractivity contribution in [3.8, 4) is 6.01 Å². The molecule has 0 bridgehead atoms. The number of rotatable bonds is 4. The Morgan fingerprint density at radius 3 is 2.58 bits per heavy atom. The topological polar surface area (TPSA) is 68.8 Å². The highest BCUT2D eigenvalue weighted by Gasteiger charge is 2.27. The summed E-state index contributed by atoms with van der Waals surface area (Å²) in [7, 11) is 1.57. The van der Waals surface area contributed by atoms with Gasteiger partial charge in [0.2, 0.25) is 0 Å². The van der Waals surface area contributed by atoms with Crippen LogP contribution in [0.15, 0.2) is 41.1 Å². The van der Waals surface area contributed by atoms with Crippen LogP contribution < -0.4 is 14.6 Å². The lowest BCUT2D eigenvalue weighted by Gasteiger charge is -2.29. The van der Waals surface area contributed by atoms with Gasteiger partial charge in [-0.25, -0.2) is 19.9 Å². The fourth-order valence-corrected chi connectivity index (χ4v) is 2.94. The quantitative estimate of drug-likeness (QED) is 0.721. The first-order valence-corrected chi connectivity index (χ1v) is 8.05. The van der Waals surface area contributed by atoms with E-state index in [1.807, 2.05) is 36.7 Å². The molecule has 0 radical (unpaired) electrons. The number of aromatic nitrogens is 3. The van der Waals surface area contributed by atoms with Crippen LogP contribution in [0.3, 0.4) is 0 Å². The molecule has 0 aliphatic carbocycles. The summed E-state index contributed by atoms with van der Waals surface area (Å²) in [5, 5.41) is 0. The third-order valence-corrected chi connectivity index (χ3v) is 4.27. The molecular weight excluding hydrogens is 306 g/mol. The highest BCUT2D eigenvalue weighted by atomic mass is 16.5. The summed E-state index contributed by atoms with van der Waals surface area (Å²) in [4.78, 5) is 16.3. The molecule has 124 valence electrons. The molecule has 0 unspecified atom stereocenters. The molecular formula is C17H20N5O2+. The van der Waals surface area contributed by atoms with Crippen LogP contribution in [0.2, 0.25) is 0 Å². The van der Waals surface area contributed by atoms with Gasteiger partial charge >= 0.3 is 12.0 Å². The van der Waals surface area contributed by atoms with Gasteiger partial charge < -0.3 is 9.15 Å². The molecule has 1 N–H and O–H groups in total. The van der Waals surface area contributed by atoms with Crippen molar-refractivity contribution in [2.24, 2.45) is 0 Å². The third kappa shape index (κ3) is 3.03. The third-order valence-electron chi connectivity index (χ3n) is 4.27. The number of piperazine rings is 1. The molecule has 3 aromatic rings. The monoisotopic (exact) mass is 326 g/mol. The van der Waals surface area contributed by atoms with Crippen molar-refractivity contribution in [2.75, 3.05) is 38.2 Å². The highest BCUT2D eigenvalue weighted by Crippen LogP contribution is 2.19. The van der Waals surface area contributed by atoms with E-state index in [9.17, 15) is 0 Å². The van der Waals surface area contributed by atoms with Gasteiger partial charge in [-0.15, -0.1) is 0 Å². The van der Waals surface area contributed by atoms with Crippen LogP contribution in [0.4, 0.5) is 6.01 Å². The minimum absolute atomic E-state index is 0.406. The Bertz CT molecular complexity index is 776. The second kappa shape index (κ2) is 6.45. The summed E-state index contributed by atoms with van der Waals surface area (Å²) >= 11 is 0. The predicted octanol–water partition coefficient (Wildman–Crippen LogP) is 1.37. The molecule has 0 spiro atoms. The van der Waals surface area contributed by atoms with Crippen LogP contribution >= 0.6 is 0 Å². The lowest BCUT2D eigenvalue weighted by molar-refractivity contribution is -0.338. The summed E-state index contributed by atoms with van der Waals surface area (Å²) in [5.41, 5.74) is 3.02. The van der Waals surface area contributed by atoms with Crippen molar-refractivity contribution in [3.63, 3.8) is 0 Å². The number of nitrogens with one attached hydrogen (secondary N) is 1. The van der Waals surface area contributed by atoms with E-state index in [1.165, 1.54) is 0 Å². The van der Waals surface area contributed by atoms with E-state index < -0.39 is 0 Å². The van der Waals surface area contributed by atoms with Crippen LogP contribution in [-0.4, -0.2) is 48.2 Å². The normalized spacial score (nSPS) is 15.8. The largest absolute Gasteiger partial charge is 0.467 e. The van der Waals surface area contributed by atoms with E-state index >= 15 is 0 Å². The van der Waals surface area contributed by atoms with Crippen molar-refractivity contribution in [1.82, 2.24) is 14.9 Å². The van der Waals surface area contributed by atoms with E-state index in [4.69, 9.17) is 9.15 Å². The zero-order valence-corrected chi connectivity index (χ0v) is 13.6. The standard InChI is InChI=1S/C17H19N5O2/c1-23-16-18-10-13(11-19-16)12-21-6-8-22(9-7-21)17-20-14-4-2-3-5-15(14)24-17/h2-5,10-11H,6-9,12H2,1H3/p+1. The number of methoxy groups -OCH3 is 1. The zero-order valence-electron chi connectivity index (χ0n) is 13.6. The van der Waals surface area contributed by atoms with Crippen molar-refractivity contribution >= 4 is 17.1 Å². The van der Waals surface area contributed by atoms with Crippen molar-refractivity contribution in [2.45, 2.75) is 6.54 Å². The number of oxazole rings is 1. The molecule has 1 saturated heterocycles. The summed E-state index contributed by atoms with van der Waals surface area (Å²) in [5.74, 6) is 0. The van der Waals surface area contributed by atoms with Gasteiger partial charge in [-0.2, -0.15) is 0 Å². The molecule has 1 aliphatic heterocycles. The number of hydrogen-bond donors (Lipinski definition) is 0. The fourth-order valence-electron chi connectivity index (χ4n) is 2.94. The average Bonchev–Trinajstić information content (AvgIpc) is 3.07. The maximum atomic E-state index is 5.90. The summed E-state index contributed by atoms with van der Waals surface area (Å²) in [6, 6.07) is 9.25. The van der Waals surface area contributed by atoms with E-state index in [0.29, 0.717) is 6.01 Å². The Kier molecular flexibility index (Phi) is 4.00. The Balaban J connectivity index is 1.37. The lowest BCUT2D eigenvalue weighted by atomic mass is 10.2. The molecule has 0 atom stereocenters. The first-order chi connectivity index (χ1) is 11.8. The molecule has 4 rings (SSSR count). The summed E-state index contributed by atoms with van der Waals surface area (Å²) < 4.78 is 10.9. The van der Waals surface area contributed by atoms with Gasteiger partial charge in [0.05, 0.1) is 7.11 Å². The molecule has 1 fully saturated rings. The zero-order chi connectivity index (χ0) is 16.4. The maximum Gasteiger partial charge on any atom is 0.455 e. The maximum absolute atomic E-state index is 5.90. The van der Waals surface area contributed by atoms with Crippen LogP contribution in [0.25, 0.3) is 11.1 Å². The minimum Gasteiger partial charge on any atom is -0.467 e. The number of nitrogens with zero attached hydrogens (tertiary/aromatic N) is 4. The van der Waals surface area contributed by atoms with E-state index in [1.54, 1.807) is 7.11 Å². The molecule has 3 heterocycles. The van der Waals surface area contributed by atoms with Crippen molar-refractivity contribution < 1.29 is 14.1 Å². The second-order valence-electron chi connectivity index (χ2n) is 5.87. The number of fused-ring (bicyclic) bond motifs is 1. The van der Waals surface area contributed by atoms with E-state index in [2.05, 4.69) is 24.8 Å². The molecule has 1 aliphatic rings. The van der Waals surface area contributed by atoms with Gasteiger partial charge in [-0.3, -0.25) is 4.90 Å². The van der Waals surface area contributed by atoms with E-state index in [0.717, 1.165) is 55.4 Å². The molecule has 0 amide bonds. The van der Waals surface area contributed by atoms with Gasteiger partial charge in [-0.05, 0) is 12.1 Å². The fraction of sp³-hybridized carbons (Fsp3) is 0.353. The molecule has 24 heavy (non-hydrogen) atoms. The first kappa shape index (κ1) is 14.9. The van der Waals surface area contributed by atoms with Crippen LogP contribution in [0, 0.1) is 0 Å². The first-order valence-electron chi connectivity index (χ1n) is 8.05. The highest BCUT2D eigenvalue weighted by molar-refractivity contribution is 5.69. The van der Waals surface area contributed by atoms with Gasteiger partial charge in [0, 0.05) is 37.6 Å². The predicted molar refractivity (Wildman–Crippen MR) is 88.8 cm³/mol. The Labute approximate surface area is 139 Å². The molecule has 1 aromatic carbocycles. The summed E-state index contributed by atoms with van der Waals surface area (Å²) in [6.07, 6.45) is 3.65.